The number of aliphatic hydroxyl groups excluding tert-OH is 9. The van der Waals surface area contributed by atoms with Crippen molar-refractivity contribution in [2.24, 2.45) is 56.0 Å². The summed E-state index contributed by atoms with van der Waals surface area (Å²) in [7, 11) is 0. The van der Waals surface area contributed by atoms with E-state index in [9.17, 15) is 65.4 Å². The van der Waals surface area contributed by atoms with Gasteiger partial charge in [0.15, 0.2) is 25.0 Å². The van der Waals surface area contributed by atoms with E-state index in [1.807, 2.05) is 0 Å². The molecule has 1 amide bonds. The van der Waals surface area contributed by atoms with E-state index in [4.69, 9.17) is 34.2 Å². The molecule has 7 aliphatic rings. The first-order valence-electron chi connectivity index (χ1n) is 25.5. The molecule has 13 N–H and O–H groups in total. The van der Waals surface area contributed by atoms with E-state index in [2.05, 4.69) is 46.0 Å². The lowest BCUT2D eigenvalue weighted by Gasteiger charge is -2.71. The third kappa shape index (κ3) is 9.58. The Bertz CT molecular complexity index is 1940. The number of carbonyl (C=O) groups is 3. The zero-order chi connectivity index (χ0) is 52.4. The first-order valence-corrected chi connectivity index (χ1v) is 25.5. The molecule has 0 aromatic rings. The number of carbonyl (C=O) groups excluding carboxylic acids is 2. The number of fused-ring (bicyclic) bond motifs is 7. The lowest BCUT2D eigenvalue weighted by atomic mass is 9.33. The number of nitrogens with two attached hydrogens (primary N) is 1. The molecular formula is C50H82N2O19. The topological polar surface area (TPSA) is 347 Å². The van der Waals surface area contributed by atoms with Gasteiger partial charge in [0, 0.05) is 13.1 Å². The number of rotatable bonds is 17. The molecule has 0 radical (unpaired) electrons. The lowest BCUT2D eigenvalue weighted by molar-refractivity contribution is -0.387. The van der Waals surface area contributed by atoms with Crippen molar-refractivity contribution < 1.29 is 93.9 Å². The van der Waals surface area contributed by atoms with Gasteiger partial charge in [0.25, 0.3) is 0 Å². The smallest absolute Gasteiger partial charge is 0.335 e. The van der Waals surface area contributed by atoms with Gasteiger partial charge in [-0.1, -0.05) is 53.2 Å². The van der Waals surface area contributed by atoms with Gasteiger partial charge in [0.1, 0.15) is 55.1 Å². The largest absolute Gasteiger partial charge is 0.479 e. The summed E-state index contributed by atoms with van der Waals surface area (Å²) in [6.45, 7) is 12.7. The van der Waals surface area contributed by atoms with Crippen LogP contribution in [0.15, 0.2) is 11.6 Å². The number of nitrogens with one attached hydrogen (secondary N) is 1. The van der Waals surface area contributed by atoms with Crippen LogP contribution >= 0.6 is 0 Å². The van der Waals surface area contributed by atoms with E-state index >= 15 is 0 Å². The predicted octanol–water partition coefficient (Wildman–Crippen LogP) is -0.785. The molecule has 0 bridgehead atoms. The number of allylic oxidation sites excluding steroid dienone is 2. The zero-order valence-corrected chi connectivity index (χ0v) is 42.2. The van der Waals surface area contributed by atoms with Crippen LogP contribution in [0.1, 0.15) is 106 Å². The Hall–Kier alpha value is -2.29. The Morgan fingerprint density at radius 1 is 0.873 bits per heavy atom. The van der Waals surface area contributed by atoms with Crippen molar-refractivity contribution in [1.29, 1.82) is 0 Å². The van der Waals surface area contributed by atoms with Crippen molar-refractivity contribution >= 4 is 18.2 Å². The average Bonchev–Trinajstić information content (AvgIpc) is 3.31. The highest BCUT2D eigenvalue weighted by Crippen LogP contribution is 2.76. The first-order chi connectivity index (χ1) is 33.2. The highest BCUT2D eigenvalue weighted by Gasteiger charge is 2.72. The van der Waals surface area contributed by atoms with Crippen molar-refractivity contribution in [3.8, 4) is 0 Å². The van der Waals surface area contributed by atoms with Gasteiger partial charge in [-0.25, -0.2) is 4.79 Å². The van der Waals surface area contributed by atoms with Crippen LogP contribution in [0.25, 0.3) is 0 Å². The Kier molecular flexibility index (Phi) is 16.7. The number of hydrogen-bond donors (Lipinski definition) is 12. The number of ether oxygens (including phenoxy) is 6. The van der Waals surface area contributed by atoms with E-state index in [-0.39, 0.29) is 47.5 Å². The van der Waals surface area contributed by atoms with E-state index < -0.39 is 140 Å². The van der Waals surface area contributed by atoms with E-state index in [0.717, 1.165) is 19.1 Å². The lowest BCUT2D eigenvalue weighted by Crippen LogP contribution is -2.69. The molecule has 2 heterocycles. The molecule has 4 saturated carbocycles. The fourth-order valence-corrected chi connectivity index (χ4v) is 14.8. The quantitative estimate of drug-likeness (QED) is 0.0368. The van der Waals surface area contributed by atoms with Crippen LogP contribution in [-0.4, -0.2) is 194 Å². The van der Waals surface area contributed by atoms with Gasteiger partial charge in [-0.2, -0.15) is 0 Å². The van der Waals surface area contributed by atoms with E-state index in [1.54, 1.807) is 6.92 Å². The summed E-state index contributed by atoms with van der Waals surface area (Å²) in [6.07, 6.45) is -17.5. The average molecular weight is 1020 g/mol. The highest BCUT2D eigenvalue weighted by molar-refractivity contribution is 5.85. The highest BCUT2D eigenvalue weighted by atomic mass is 16.8. The molecule has 0 aromatic heterocycles. The fraction of sp³-hybridized carbons (Fsp3) is 0.900. The summed E-state index contributed by atoms with van der Waals surface area (Å²) in [6, 6.07) is 0. The van der Waals surface area contributed by atoms with E-state index in [0.29, 0.717) is 45.1 Å². The second-order valence-electron chi connectivity index (χ2n) is 23.6. The number of carboxylic acids is 1. The van der Waals surface area contributed by atoms with Gasteiger partial charge in [-0.05, 0) is 104 Å². The second kappa shape index (κ2) is 21.0. The Morgan fingerprint density at radius 2 is 1.58 bits per heavy atom. The van der Waals surface area contributed by atoms with Crippen molar-refractivity contribution in [3.63, 3.8) is 0 Å². The van der Waals surface area contributed by atoms with Crippen LogP contribution in [0.3, 0.4) is 0 Å². The Morgan fingerprint density at radius 3 is 2.20 bits per heavy atom. The van der Waals surface area contributed by atoms with Crippen LogP contribution < -0.4 is 11.1 Å². The van der Waals surface area contributed by atoms with Gasteiger partial charge in [0.2, 0.25) is 5.91 Å². The van der Waals surface area contributed by atoms with Crippen LogP contribution in [0.5, 0.6) is 0 Å². The van der Waals surface area contributed by atoms with Crippen molar-refractivity contribution in [3.05, 3.63) is 11.6 Å². The molecule has 0 aromatic carbocycles. The number of carboxylic acid groups (broad SMARTS) is 1. The maximum atomic E-state index is 14.3. The van der Waals surface area contributed by atoms with Crippen LogP contribution in [-0.2, 0) is 42.8 Å². The normalized spacial score (nSPS) is 47.5. The summed E-state index contributed by atoms with van der Waals surface area (Å²) >= 11 is 0. The second-order valence-corrected chi connectivity index (χ2v) is 23.6. The van der Waals surface area contributed by atoms with Crippen LogP contribution in [0, 0.1) is 50.2 Å². The Balaban J connectivity index is 1.24. The molecule has 7 rings (SSSR count). The van der Waals surface area contributed by atoms with Crippen LogP contribution in [0.4, 0.5) is 0 Å². The molecule has 2 aliphatic heterocycles. The standard InChI is InChI=1S/C50H82N2O19/c1-24(56)22-66-41(27(57)20-53)69-37-36(62)38(40(63)64)70-43(39(37)71-42-35(61)34(60)33(59)28(21-54)67-42)68-32-11-12-46(4)29(47(32,5)23-55)10-13-48(6)30(46)9-8-25-26-18-45(2,3)14-15-50(26,44(65)52-17-16-51)31(58)19-49(25,48)7/h8,23-24,26-39,41-43,53-54,56-62H,9-22,51H2,1-7H3,(H,52,65)(H,63,64)/t24-,26?,27-,28?,29?,30?,31+,32-,33-,34?,35-,36-,37?,38?,39-,41-,42-,43+,46?,47+,48+,49+,50+/m0/s1. The fourth-order valence-electron chi connectivity index (χ4n) is 14.8. The predicted molar refractivity (Wildman–Crippen MR) is 248 cm³/mol. The summed E-state index contributed by atoms with van der Waals surface area (Å²) in [5.41, 5.74) is 3.28. The van der Waals surface area contributed by atoms with Gasteiger partial charge >= 0.3 is 5.97 Å². The third-order valence-corrected chi connectivity index (χ3v) is 18.9. The molecule has 23 atom stereocenters. The minimum Gasteiger partial charge on any atom is -0.479 e. The molecule has 5 aliphatic carbocycles. The summed E-state index contributed by atoms with van der Waals surface area (Å²) in [5.74, 6) is -2.36. The number of amides is 1. The summed E-state index contributed by atoms with van der Waals surface area (Å²) in [4.78, 5) is 41.0. The van der Waals surface area contributed by atoms with Crippen LogP contribution in [0.2, 0.25) is 0 Å². The maximum Gasteiger partial charge on any atom is 0.335 e. The SMILES string of the molecule is C[C@H](O)CO[C@@H](OC1[C@H](O)C(C(=O)O)O[C@@H](O[C@H]2CCC3(C)C(CC[C@]4(C)C3CC=C3C5CC(C)(C)CC[C@]5(C(=O)NCCN)[C@H](O)C[C@]34C)[C@@]2(C)C=O)[C@H]1O[C@@H]1OC(CO)[C@H](O)C(O)[C@@H]1O)[C@@H](O)CO. The molecule has 71 heavy (non-hydrogen) atoms. The molecule has 6 fully saturated rings. The van der Waals surface area contributed by atoms with E-state index in [1.165, 1.54) is 12.5 Å². The zero-order valence-electron chi connectivity index (χ0n) is 42.2. The first kappa shape index (κ1) is 56.4. The maximum absolute atomic E-state index is 14.3. The molecule has 406 valence electrons. The molecule has 0 spiro atoms. The minimum atomic E-state index is -2.15. The summed E-state index contributed by atoms with van der Waals surface area (Å²) < 4.78 is 36.2. The number of aliphatic carboxylic acids is 1. The number of hydrogen-bond acceptors (Lipinski definition) is 19. The molecule has 8 unspecified atom stereocenters. The number of aliphatic hydroxyl groups is 9. The minimum absolute atomic E-state index is 0.000801. The molecule has 21 nitrogen and oxygen atoms in total. The number of aldehydes is 1. The van der Waals surface area contributed by atoms with Gasteiger partial charge < -0.3 is 95.3 Å². The summed E-state index contributed by atoms with van der Waals surface area (Å²) in [5, 5.41) is 111. The van der Waals surface area contributed by atoms with Gasteiger partial charge in [-0.3, -0.25) is 4.79 Å². The van der Waals surface area contributed by atoms with Crippen molar-refractivity contribution in [2.45, 2.75) is 198 Å². The van der Waals surface area contributed by atoms with Crippen molar-refractivity contribution in [2.75, 3.05) is 32.9 Å². The molecule has 2 saturated heterocycles. The third-order valence-electron chi connectivity index (χ3n) is 18.9. The van der Waals surface area contributed by atoms with Gasteiger partial charge in [0.05, 0.1) is 49.0 Å². The van der Waals surface area contributed by atoms with Crippen molar-refractivity contribution in [1.82, 2.24) is 5.32 Å². The Labute approximate surface area is 415 Å². The van der Waals surface area contributed by atoms with Gasteiger partial charge in [-0.15, -0.1) is 0 Å². The molecular weight excluding hydrogens is 933 g/mol. The monoisotopic (exact) mass is 1010 g/mol. The molecule has 21 heteroatoms.